The molecule has 0 saturated heterocycles. The van der Waals surface area contributed by atoms with Gasteiger partial charge in [-0.25, -0.2) is 9.38 Å². The quantitative estimate of drug-likeness (QED) is 0.738. The van der Waals surface area contributed by atoms with Gasteiger partial charge in [-0.15, -0.1) is 0 Å². The van der Waals surface area contributed by atoms with E-state index in [0.717, 1.165) is 6.07 Å². The summed E-state index contributed by atoms with van der Waals surface area (Å²) in [6.07, 6.45) is 0. The first-order chi connectivity index (χ1) is 8.56. The molecule has 0 unspecified atom stereocenters. The van der Waals surface area contributed by atoms with Crippen LogP contribution in [0.4, 0.5) is 4.39 Å². The van der Waals surface area contributed by atoms with Gasteiger partial charge in [-0.2, -0.15) is 0 Å². The van der Waals surface area contributed by atoms with E-state index in [1.807, 2.05) is 0 Å². The maximum Gasteiger partial charge on any atom is 0.307 e. The lowest BCUT2D eigenvalue weighted by atomic mass is 10.1. The van der Waals surface area contributed by atoms with Crippen LogP contribution in [0.2, 0.25) is 0 Å². The van der Waals surface area contributed by atoms with E-state index in [2.05, 4.69) is 9.98 Å². The van der Waals surface area contributed by atoms with E-state index in [4.69, 9.17) is 0 Å². The number of hydrogen-bond acceptors (Lipinski definition) is 4. The van der Waals surface area contributed by atoms with Crippen LogP contribution in [-0.4, -0.2) is 16.0 Å². The van der Waals surface area contributed by atoms with Crippen molar-refractivity contribution in [1.29, 1.82) is 0 Å². The predicted molar refractivity (Wildman–Crippen MR) is 61.3 cm³/mol. The summed E-state index contributed by atoms with van der Waals surface area (Å²) in [5.74, 6) is -1.51. The maximum absolute atomic E-state index is 13.2. The molecule has 0 saturated carbocycles. The number of aromatic amines is 1. The molecule has 7 heteroatoms. The number of aromatic hydroxyl groups is 1. The van der Waals surface area contributed by atoms with Crippen LogP contribution in [0.3, 0.4) is 0 Å². The van der Waals surface area contributed by atoms with E-state index < -0.39 is 22.5 Å². The SMILES string of the molecule is O=C1N=c2ccc(F)cc2=C1c1sc(=O)[nH]c1O. The molecule has 2 aromatic rings. The second kappa shape index (κ2) is 3.61. The third kappa shape index (κ3) is 1.48. The Bertz CT molecular complexity index is 850. The number of amides is 1. The Labute approximate surface area is 103 Å². The first-order valence-corrected chi connectivity index (χ1v) is 5.73. The van der Waals surface area contributed by atoms with Crippen molar-refractivity contribution in [3.05, 3.63) is 49.1 Å². The van der Waals surface area contributed by atoms with Crippen molar-refractivity contribution in [3.63, 3.8) is 0 Å². The Morgan fingerprint density at radius 1 is 1.33 bits per heavy atom. The average Bonchev–Trinajstić information content (AvgIpc) is 2.77. The van der Waals surface area contributed by atoms with Crippen LogP contribution < -0.4 is 15.4 Å². The molecule has 1 aliphatic heterocycles. The summed E-state index contributed by atoms with van der Waals surface area (Å²) in [5.41, 5.74) is 0.0466. The summed E-state index contributed by atoms with van der Waals surface area (Å²) in [6.45, 7) is 0. The molecule has 2 heterocycles. The molecule has 2 N–H and O–H groups in total. The Kier molecular flexibility index (Phi) is 2.17. The first kappa shape index (κ1) is 10.8. The summed E-state index contributed by atoms with van der Waals surface area (Å²) in [4.78, 5) is 28.4. The van der Waals surface area contributed by atoms with Gasteiger partial charge in [0.1, 0.15) is 10.7 Å². The minimum Gasteiger partial charge on any atom is -0.493 e. The zero-order chi connectivity index (χ0) is 12.9. The van der Waals surface area contributed by atoms with E-state index in [1.54, 1.807) is 0 Å². The lowest BCUT2D eigenvalue weighted by molar-refractivity contribution is -0.112. The van der Waals surface area contributed by atoms with Crippen molar-refractivity contribution in [2.24, 2.45) is 4.99 Å². The summed E-state index contributed by atoms with van der Waals surface area (Å²) in [7, 11) is 0. The molecule has 0 bridgehead atoms. The van der Waals surface area contributed by atoms with Gasteiger partial charge in [0.2, 0.25) is 5.88 Å². The molecule has 0 aliphatic carbocycles. The van der Waals surface area contributed by atoms with E-state index in [1.165, 1.54) is 12.1 Å². The van der Waals surface area contributed by atoms with Gasteiger partial charge in [-0.1, -0.05) is 11.3 Å². The first-order valence-electron chi connectivity index (χ1n) is 4.91. The molecule has 3 rings (SSSR count). The number of H-pyrrole nitrogens is 1. The molecular formula is C11H5FN2O3S. The number of aromatic nitrogens is 1. The van der Waals surface area contributed by atoms with Crippen molar-refractivity contribution in [2.45, 2.75) is 0 Å². The van der Waals surface area contributed by atoms with Crippen molar-refractivity contribution in [3.8, 4) is 5.88 Å². The van der Waals surface area contributed by atoms with Gasteiger partial charge < -0.3 is 5.11 Å². The zero-order valence-corrected chi connectivity index (χ0v) is 9.55. The number of fused-ring (bicyclic) bond motifs is 1. The van der Waals surface area contributed by atoms with Gasteiger partial charge in [0.25, 0.3) is 5.91 Å². The number of carbonyl (C=O) groups is 1. The monoisotopic (exact) mass is 264 g/mol. The van der Waals surface area contributed by atoms with Crippen molar-refractivity contribution < 1.29 is 14.3 Å². The van der Waals surface area contributed by atoms with Crippen LogP contribution in [0.5, 0.6) is 5.88 Å². The van der Waals surface area contributed by atoms with E-state index in [0.29, 0.717) is 16.7 Å². The number of nitrogens with one attached hydrogen (secondary N) is 1. The highest BCUT2D eigenvalue weighted by Crippen LogP contribution is 2.25. The van der Waals surface area contributed by atoms with E-state index in [9.17, 15) is 19.1 Å². The third-order valence-electron chi connectivity index (χ3n) is 2.52. The number of benzene rings is 1. The van der Waals surface area contributed by atoms with Gasteiger partial charge in [-0.3, -0.25) is 14.6 Å². The normalized spacial score (nSPS) is 13.6. The number of carbonyl (C=O) groups excluding carboxylic acids is 1. The number of rotatable bonds is 1. The molecular weight excluding hydrogens is 259 g/mol. The van der Waals surface area contributed by atoms with E-state index in [-0.39, 0.29) is 15.7 Å². The Morgan fingerprint density at radius 3 is 2.78 bits per heavy atom. The van der Waals surface area contributed by atoms with Crippen molar-refractivity contribution in [1.82, 2.24) is 4.98 Å². The molecule has 1 aromatic heterocycles. The molecule has 0 fully saturated rings. The van der Waals surface area contributed by atoms with Gasteiger partial charge in [-0.05, 0) is 18.2 Å². The smallest absolute Gasteiger partial charge is 0.307 e. The molecule has 5 nitrogen and oxygen atoms in total. The third-order valence-corrected chi connectivity index (χ3v) is 3.41. The van der Waals surface area contributed by atoms with Gasteiger partial charge in [0, 0.05) is 5.22 Å². The van der Waals surface area contributed by atoms with Gasteiger partial charge in [0.05, 0.1) is 10.9 Å². The highest BCUT2D eigenvalue weighted by molar-refractivity contribution is 7.11. The maximum atomic E-state index is 13.2. The molecule has 1 aromatic carbocycles. The second-order valence-electron chi connectivity index (χ2n) is 3.65. The molecule has 0 atom stereocenters. The van der Waals surface area contributed by atoms with Crippen molar-refractivity contribution in [2.75, 3.05) is 0 Å². The van der Waals surface area contributed by atoms with Crippen LogP contribution in [0.1, 0.15) is 4.88 Å². The fraction of sp³-hybridized carbons (Fsp3) is 0. The Morgan fingerprint density at radius 2 is 2.11 bits per heavy atom. The number of halogens is 1. The molecule has 0 spiro atoms. The number of hydrogen-bond donors (Lipinski definition) is 2. The Hall–Kier alpha value is -2.28. The van der Waals surface area contributed by atoms with Crippen LogP contribution in [0, 0.1) is 5.82 Å². The van der Waals surface area contributed by atoms with Crippen LogP contribution >= 0.6 is 11.3 Å². The molecule has 1 amide bonds. The number of thiazole rings is 1. The minimum absolute atomic E-state index is 0.0466. The fourth-order valence-electron chi connectivity index (χ4n) is 1.80. The summed E-state index contributed by atoms with van der Waals surface area (Å²) in [5, 5.41) is 10.2. The average molecular weight is 264 g/mol. The fourth-order valence-corrected chi connectivity index (χ4v) is 2.58. The molecule has 18 heavy (non-hydrogen) atoms. The zero-order valence-electron chi connectivity index (χ0n) is 8.73. The minimum atomic E-state index is -0.596. The highest BCUT2D eigenvalue weighted by Gasteiger charge is 2.23. The lowest BCUT2D eigenvalue weighted by Crippen LogP contribution is -2.23. The van der Waals surface area contributed by atoms with E-state index >= 15 is 0 Å². The standard InChI is InChI=1S/C11H5FN2O3S/c12-4-1-2-6-5(3-4)7(9(15)13-6)8-10(16)14-11(17)18-8/h1-3,16H,(H,14,17). The highest BCUT2D eigenvalue weighted by atomic mass is 32.1. The van der Waals surface area contributed by atoms with Crippen LogP contribution in [0.15, 0.2) is 28.0 Å². The lowest BCUT2D eigenvalue weighted by Gasteiger charge is -1.95. The summed E-state index contributed by atoms with van der Waals surface area (Å²) < 4.78 is 13.2. The number of nitrogens with zero attached hydrogens (tertiary/aromatic N) is 1. The largest absolute Gasteiger partial charge is 0.493 e. The molecule has 1 aliphatic rings. The van der Waals surface area contributed by atoms with Crippen molar-refractivity contribution >= 4 is 22.8 Å². The van der Waals surface area contributed by atoms with Crippen LogP contribution in [0.25, 0.3) is 5.57 Å². The van der Waals surface area contributed by atoms with Gasteiger partial charge >= 0.3 is 4.87 Å². The Balaban J connectivity index is 2.45. The topological polar surface area (TPSA) is 82.5 Å². The van der Waals surface area contributed by atoms with Gasteiger partial charge in [0.15, 0.2) is 0 Å². The second-order valence-corrected chi connectivity index (χ2v) is 4.63. The summed E-state index contributed by atoms with van der Waals surface area (Å²) in [6, 6.07) is 3.72. The molecule has 90 valence electrons. The summed E-state index contributed by atoms with van der Waals surface area (Å²) >= 11 is 0.683. The van der Waals surface area contributed by atoms with Crippen LogP contribution in [-0.2, 0) is 4.79 Å². The molecule has 0 radical (unpaired) electrons. The predicted octanol–water partition coefficient (Wildman–Crippen LogP) is -0.360.